The fraction of sp³-hybridized carbons (Fsp3) is 0.529. The second-order valence-corrected chi connectivity index (χ2v) is 5.80. The highest BCUT2D eigenvalue weighted by atomic mass is 16.6. The number of esters is 2. The molecule has 4 heteroatoms. The molecule has 21 heavy (non-hydrogen) atoms. The van der Waals surface area contributed by atoms with Crippen LogP contribution in [0.15, 0.2) is 24.3 Å². The zero-order valence-electron chi connectivity index (χ0n) is 12.8. The first-order valence-electron chi connectivity index (χ1n) is 7.29. The molecule has 1 fully saturated rings. The Kier molecular flexibility index (Phi) is 4.66. The van der Waals surface area contributed by atoms with Crippen LogP contribution in [0.1, 0.15) is 37.3 Å². The molecule has 0 aromatic heterocycles. The van der Waals surface area contributed by atoms with Gasteiger partial charge in [0.1, 0.15) is 11.5 Å². The second kappa shape index (κ2) is 6.29. The number of methoxy groups -OCH3 is 1. The first-order valence-corrected chi connectivity index (χ1v) is 7.29. The number of carbonyl (C=O) groups is 2. The molecule has 1 aliphatic carbocycles. The third kappa shape index (κ3) is 3.26. The van der Waals surface area contributed by atoms with Gasteiger partial charge in [-0.2, -0.15) is 0 Å². The molecular formula is C17H22O4. The molecule has 0 spiro atoms. The van der Waals surface area contributed by atoms with Crippen LogP contribution >= 0.6 is 0 Å². The lowest BCUT2D eigenvalue weighted by Gasteiger charge is -2.32. The lowest BCUT2D eigenvalue weighted by atomic mass is 9.78. The summed E-state index contributed by atoms with van der Waals surface area (Å²) in [7, 11) is 1.39. The van der Waals surface area contributed by atoms with Gasteiger partial charge in [0.05, 0.1) is 7.11 Å². The average Bonchev–Trinajstić information content (AvgIpc) is 2.83. The smallest absolute Gasteiger partial charge is 0.315 e. The maximum atomic E-state index is 12.4. The summed E-state index contributed by atoms with van der Waals surface area (Å²) < 4.78 is 10.4. The van der Waals surface area contributed by atoms with Crippen LogP contribution in [-0.4, -0.2) is 25.2 Å². The fourth-order valence-electron chi connectivity index (χ4n) is 3.19. The number of rotatable bonds is 4. The Morgan fingerprint density at radius 3 is 2.52 bits per heavy atom. The zero-order chi connectivity index (χ0) is 15.5. The van der Waals surface area contributed by atoms with E-state index in [-0.39, 0.29) is 11.9 Å². The molecule has 2 atom stereocenters. The van der Waals surface area contributed by atoms with E-state index in [1.54, 1.807) is 0 Å². The second-order valence-electron chi connectivity index (χ2n) is 5.80. The number of benzene rings is 1. The third-order valence-corrected chi connectivity index (χ3v) is 4.25. The molecule has 0 heterocycles. The molecule has 1 aromatic rings. The number of hydrogen-bond donors (Lipinski definition) is 0. The van der Waals surface area contributed by atoms with Gasteiger partial charge in [0.2, 0.25) is 0 Å². The van der Waals surface area contributed by atoms with Crippen LogP contribution in [0.2, 0.25) is 0 Å². The van der Waals surface area contributed by atoms with Crippen molar-refractivity contribution in [1.29, 1.82) is 0 Å². The molecule has 0 radical (unpaired) electrons. The maximum Gasteiger partial charge on any atom is 0.315 e. The lowest BCUT2D eigenvalue weighted by Crippen LogP contribution is -2.43. The Balaban J connectivity index is 2.30. The van der Waals surface area contributed by atoms with Gasteiger partial charge in [-0.1, -0.05) is 29.8 Å². The maximum absolute atomic E-state index is 12.4. The van der Waals surface area contributed by atoms with Crippen molar-refractivity contribution in [2.75, 3.05) is 7.11 Å². The molecule has 0 N–H and O–H groups in total. The van der Waals surface area contributed by atoms with E-state index in [1.807, 2.05) is 31.2 Å². The Bertz CT molecular complexity index is 520. The lowest BCUT2D eigenvalue weighted by molar-refractivity contribution is -0.167. The number of aryl methyl sites for hydroxylation is 1. The minimum Gasteiger partial charge on any atom is -0.468 e. The SMILES string of the molecule is COC(=O)C1(Cc2ccc(C)cc2)CCCC1OC(C)=O. The first-order chi connectivity index (χ1) is 9.98. The molecule has 4 nitrogen and oxygen atoms in total. The van der Waals surface area contributed by atoms with Crippen molar-refractivity contribution in [3.8, 4) is 0 Å². The van der Waals surface area contributed by atoms with Gasteiger partial charge in [-0.25, -0.2) is 0 Å². The van der Waals surface area contributed by atoms with Crippen molar-refractivity contribution in [2.24, 2.45) is 5.41 Å². The molecule has 0 saturated heterocycles. The Hall–Kier alpha value is -1.84. The molecule has 2 rings (SSSR count). The number of carbonyl (C=O) groups excluding carboxylic acids is 2. The van der Waals surface area contributed by atoms with Crippen LogP contribution in [0.4, 0.5) is 0 Å². The van der Waals surface area contributed by atoms with Gasteiger partial charge in [-0.15, -0.1) is 0 Å². The molecule has 0 bridgehead atoms. The van der Waals surface area contributed by atoms with Crippen LogP contribution < -0.4 is 0 Å². The Morgan fingerprint density at radius 1 is 1.29 bits per heavy atom. The summed E-state index contributed by atoms with van der Waals surface area (Å²) >= 11 is 0. The average molecular weight is 290 g/mol. The summed E-state index contributed by atoms with van der Waals surface area (Å²) in [5.74, 6) is -0.633. The van der Waals surface area contributed by atoms with E-state index in [1.165, 1.54) is 19.6 Å². The van der Waals surface area contributed by atoms with Gasteiger partial charge in [-0.3, -0.25) is 9.59 Å². The van der Waals surface area contributed by atoms with Gasteiger partial charge >= 0.3 is 11.9 Å². The molecule has 2 unspecified atom stereocenters. The van der Waals surface area contributed by atoms with Crippen molar-refractivity contribution < 1.29 is 19.1 Å². The van der Waals surface area contributed by atoms with Crippen LogP contribution in [0, 0.1) is 12.3 Å². The van der Waals surface area contributed by atoms with Gasteiger partial charge < -0.3 is 9.47 Å². The van der Waals surface area contributed by atoms with Crippen LogP contribution in [0.25, 0.3) is 0 Å². The molecular weight excluding hydrogens is 268 g/mol. The van der Waals surface area contributed by atoms with E-state index < -0.39 is 11.5 Å². The van der Waals surface area contributed by atoms with E-state index in [2.05, 4.69) is 0 Å². The summed E-state index contributed by atoms with van der Waals surface area (Å²) in [5.41, 5.74) is 1.48. The van der Waals surface area contributed by atoms with Crippen LogP contribution in [0.3, 0.4) is 0 Å². The first kappa shape index (κ1) is 15.5. The van der Waals surface area contributed by atoms with E-state index in [0.717, 1.165) is 12.0 Å². The van der Waals surface area contributed by atoms with Gasteiger partial charge in [0.25, 0.3) is 0 Å². The Labute approximate surface area is 125 Å². The van der Waals surface area contributed by atoms with Gasteiger partial charge in [0, 0.05) is 6.92 Å². The predicted molar refractivity (Wildman–Crippen MR) is 78.7 cm³/mol. The quantitative estimate of drug-likeness (QED) is 0.800. The highest BCUT2D eigenvalue weighted by Crippen LogP contribution is 2.44. The minimum absolute atomic E-state index is 0.285. The molecule has 1 aliphatic rings. The normalized spacial score (nSPS) is 24.6. The number of hydrogen-bond acceptors (Lipinski definition) is 4. The highest BCUT2D eigenvalue weighted by molar-refractivity contribution is 5.79. The summed E-state index contributed by atoms with van der Waals surface area (Å²) in [4.78, 5) is 23.7. The summed E-state index contributed by atoms with van der Waals surface area (Å²) in [6, 6.07) is 8.08. The van der Waals surface area contributed by atoms with Crippen molar-refractivity contribution in [3.63, 3.8) is 0 Å². The standard InChI is InChI=1S/C17H22O4/c1-12-6-8-14(9-7-12)11-17(16(19)20-3)10-4-5-15(17)21-13(2)18/h6-9,15H,4-5,10-11H2,1-3H3. The zero-order valence-corrected chi connectivity index (χ0v) is 12.8. The minimum atomic E-state index is -0.754. The largest absolute Gasteiger partial charge is 0.468 e. The molecule has 1 aromatic carbocycles. The monoisotopic (exact) mass is 290 g/mol. The highest BCUT2D eigenvalue weighted by Gasteiger charge is 2.52. The van der Waals surface area contributed by atoms with Crippen molar-refractivity contribution in [1.82, 2.24) is 0 Å². The van der Waals surface area contributed by atoms with E-state index in [4.69, 9.17) is 9.47 Å². The van der Waals surface area contributed by atoms with E-state index in [9.17, 15) is 9.59 Å². The molecule has 0 aliphatic heterocycles. The van der Waals surface area contributed by atoms with Crippen molar-refractivity contribution >= 4 is 11.9 Å². The van der Waals surface area contributed by atoms with Crippen molar-refractivity contribution in [2.45, 2.75) is 45.6 Å². The predicted octanol–water partition coefficient (Wildman–Crippen LogP) is 2.81. The topological polar surface area (TPSA) is 52.6 Å². The number of ether oxygens (including phenoxy) is 2. The van der Waals surface area contributed by atoms with Gasteiger partial charge in [0.15, 0.2) is 0 Å². The fourth-order valence-corrected chi connectivity index (χ4v) is 3.19. The summed E-state index contributed by atoms with van der Waals surface area (Å²) in [5, 5.41) is 0. The van der Waals surface area contributed by atoms with Crippen molar-refractivity contribution in [3.05, 3.63) is 35.4 Å². The van der Waals surface area contributed by atoms with Crippen LogP contribution in [-0.2, 0) is 25.5 Å². The Morgan fingerprint density at radius 2 is 1.95 bits per heavy atom. The van der Waals surface area contributed by atoms with Crippen LogP contribution in [0.5, 0.6) is 0 Å². The summed E-state index contributed by atoms with van der Waals surface area (Å²) in [6.07, 6.45) is 2.40. The van der Waals surface area contributed by atoms with E-state index >= 15 is 0 Å². The van der Waals surface area contributed by atoms with Gasteiger partial charge in [-0.05, 0) is 38.2 Å². The molecule has 1 saturated carbocycles. The molecule has 114 valence electrons. The summed E-state index contributed by atoms with van der Waals surface area (Å²) in [6.45, 7) is 3.41. The van der Waals surface area contributed by atoms with E-state index in [0.29, 0.717) is 19.3 Å². The third-order valence-electron chi connectivity index (χ3n) is 4.25. The molecule has 0 amide bonds.